The normalized spacial score (nSPS) is 17.3. The van der Waals surface area contributed by atoms with Crippen molar-refractivity contribution in [1.29, 1.82) is 0 Å². The SMILES string of the molecule is COCC1(CNC(=O)Cc2cc3c(cc2[N+](=O)[O-])OCCO3)CCNCC1.Cl. The number of rotatable bonds is 7. The second kappa shape index (κ2) is 9.90. The third-order valence-corrected chi connectivity index (χ3v) is 5.07. The van der Waals surface area contributed by atoms with Crippen molar-refractivity contribution in [3.05, 3.63) is 27.8 Å². The van der Waals surface area contributed by atoms with Crippen molar-refractivity contribution in [2.24, 2.45) is 5.41 Å². The second-order valence-electron chi connectivity index (χ2n) is 7.02. The monoisotopic (exact) mass is 415 g/mol. The van der Waals surface area contributed by atoms with Crippen LogP contribution in [0.25, 0.3) is 0 Å². The summed E-state index contributed by atoms with van der Waals surface area (Å²) in [6.45, 7) is 3.54. The van der Waals surface area contributed by atoms with E-state index in [1.54, 1.807) is 7.11 Å². The van der Waals surface area contributed by atoms with Crippen LogP contribution in [-0.4, -0.2) is 57.4 Å². The van der Waals surface area contributed by atoms with Crippen molar-refractivity contribution in [2.75, 3.05) is 46.6 Å². The van der Waals surface area contributed by atoms with Gasteiger partial charge in [0.15, 0.2) is 11.5 Å². The van der Waals surface area contributed by atoms with E-state index >= 15 is 0 Å². The summed E-state index contributed by atoms with van der Waals surface area (Å²) >= 11 is 0. The molecule has 2 aliphatic rings. The Hall–Kier alpha value is -2.10. The lowest BCUT2D eigenvalue weighted by atomic mass is 9.79. The van der Waals surface area contributed by atoms with Gasteiger partial charge in [-0.05, 0) is 32.0 Å². The summed E-state index contributed by atoms with van der Waals surface area (Å²) < 4.78 is 16.2. The van der Waals surface area contributed by atoms with Gasteiger partial charge < -0.3 is 24.8 Å². The van der Waals surface area contributed by atoms with Crippen LogP contribution in [0.15, 0.2) is 12.1 Å². The van der Waals surface area contributed by atoms with Gasteiger partial charge in [0.05, 0.1) is 24.0 Å². The molecule has 0 unspecified atom stereocenters. The predicted molar refractivity (Wildman–Crippen MR) is 104 cm³/mol. The third kappa shape index (κ3) is 5.24. The fourth-order valence-electron chi connectivity index (χ4n) is 3.59. The molecule has 0 aliphatic carbocycles. The number of halogens is 1. The van der Waals surface area contributed by atoms with Gasteiger partial charge in [-0.3, -0.25) is 14.9 Å². The van der Waals surface area contributed by atoms with E-state index in [0.717, 1.165) is 25.9 Å². The zero-order valence-electron chi connectivity index (χ0n) is 15.8. The highest BCUT2D eigenvalue weighted by Gasteiger charge is 2.33. The molecule has 1 aromatic rings. The number of nitrogens with one attached hydrogen (secondary N) is 2. The van der Waals surface area contributed by atoms with Crippen LogP contribution in [0.3, 0.4) is 0 Å². The minimum absolute atomic E-state index is 0. The Balaban J connectivity index is 0.00000280. The molecule has 1 saturated heterocycles. The van der Waals surface area contributed by atoms with Crippen molar-refractivity contribution in [3.8, 4) is 11.5 Å². The average Bonchev–Trinajstić information content (AvgIpc) is 2.67. The number of nitro groups is 1. The fraction of sp³-hybridized carbons (Fsp3) is 0.611. The molecular formula is C18H26ClN3O6. The van der Waals surface area contributed by atoms with Crippen molar-refractivity contribution >= 4 is 24.0 Å². The Labute approximate surface area is 169 Å². The first-order chi connectivity index (χ1) is 13.0. The van der Waals surface area contributed by atoms with E-state index in [2.05, 4.69) is 10.6 Å². The first-order valence-corrected chi connectivity index (χ1v) is 9.06. The van der Waals surface area contributed by atoms with Gasteiger partial charge in [0.2, 0.25) is 5.91 Å². The van der Waals surface area contributed by atoms with E-state index in [9.17, 15) is 14.9 Å². The third-order valence-electron chi connectivity index (χ3n) is 5.07. The number of benzene rings is 1. The van der Waals surface area contributed by atoms with Crippen LogP contribution in [0.4, 0.5) is 5.69 Å². The topological polar surface area (TPSA) is 112 Å². The highest BCUT2D eigenvalue weighted by Crippen LogP contribution is 2.37. The summed E-state index contributed by atoms with van der Waals surface area (Å²) in [7, 11) is 1.66. The minimum Gasteiger partial charge on any atom is -0.486 e. The van der Waals surface area contributed by atoms with Crippen LogP contribution in [0.5, 0.6) is 11.5 Å². The van der Waals surface area contributed by atoms with E-state index in [1.807, 2.05) is 0 Å². The molecule has 28 heavy (non-hydrogen) atoms. The lowest BCUT2D eigenvalue weighted by Gasteiger charge is -2.37. The van der Waals surface area contributed by atoms with Gasteiger partial charge in [-0.2, -0.15) is 0 Å². The number of methoxy groups -OCH3 is 1. The standard InChI is InChI=1S/C18H25N3O6.ClH/c1-25-12-18(2-4-19-5-3-18)11-20-17(22)9-13-8-15-16(27-7-6-26-15)10-14(13)21(23)24;/h8,10,19H,2-7,9,11-12H2,1H3,(H,20,22);1H. The van der Waals surface area contributed by atoms with Gasteiger partial charge >= 0.3 is 0 Å². The molecule has 1 fully saturated rings. The molecule has 2 aliphatic heterocycles. The summed E-state index contributed by atoms with van der Waals surface area (Å²) in [5, 5.41) is 17.6. The number of nitrogens with zero attached hydrogens (tertiary/aromatic N) is 1. The summed E-state index contributed by atoms with van der Waals surface area (Å²) in [5.41, 5.74) is 0.0738. The zero-order chi connectivity index (χ0) is 19.3. The van der Waals surface area contributed by atoms with Gasteiger partial charge in [-0.25, -0.2) is 0 Å². The van der Waals surface area contributed by atoms with E-state index in [4.69, 9.17) is 14.2 Å². The molecule has 9 nitrogen and oxygen atoms in total. The van der Waals surface area contributed by atoms with Crippen LogP contribution >= 0.6 is 12.4 Å². The van der Waals surface area contributed by atoms with E-state index in [1.165, 1.54) is 12.1 Å². The van der Waals surface area contributed by atoms with E-state index in [0.29, 0.717) is 43.4 Å². The van der Waals surface area contributed by atoms with Gasteiger partial charge in [-0.15, -0.1) is 12.4 Å². The summed E-state index contributed by atoms with van der Waals surface area (Å²) in [6.07, 6.45) is 1.73. The van der Waals surface area contributed by atoms with Gasteiger partial charge in [-0.1, -0.05) is 0 Å². The molecule has 0 radical (unpaired) electrons. The molecule has 0 bridgehead atoms. The summed E-state index contributed by atoms with van der Waals surface area (Å²) in [4.78, 5) is 23.4. The number of ether oxygens (including phenoxy) is 3. The number of amides is 1. The molecular weight excluding hydrogens is 390 g/mol. The number of carbonyl (C=O) groups excluding carboxylic acids is 1. The summed E-state index contributed by atoms with van der Waals surface area (Å²) in [5.74, 6) is 0.513. The van der Waals surface area contributed by atoms with Crippen LogP contribution < -0.4 is 20.1 Å². The maximum atomic E-state index is 12.5. The predicted octanol–water partition coefficient (Wildman–Crippen LogP) is 1.46. The first-order valence-electron chi connectivity index (χ1n) is 9.06. The minimum atomic E-state index is -0.500. The highest BCUT2D eigenvalue weighted by atomic mass is 35.5. The van der Waals surface area contributed by atoms with Crippen LogP contribution in [0.1, 0.15) is 18.4 Å². The highest BCUT2D eigenvalue weighted by molar-refractivity contribution is 5.85. The Morgan fingerprint density at radius 3 is 2.54 bits per heavy atom. The van der Waals surface area contributed by atoms with Gasteiger partial charge in [0, 0.05) is 24.6 Å². The Morgan fingerprint density at radius 2 is 1.93 bits per heavy atom. The number of piperidine rings is 1. The van der Waals surface area contributed by atoms with Crippen molar-refractivity contribution in [3.63, 3.8) is 0 Å². The second-order valence-corrected chi connectivity index (χ2v) is 7.02. The number of nitro benzene ring substituents is 1. The number of fused-ring (bicyclic) bond motifs is 1. The van der Waals surface area contributed by atoms with Crippen molar-refractivity contribution < 1.29 is 23.9 Å². The molecule has 0 atom stereocenters. The molecule has 0 aromatic heterocycles. The maximum absolute atomic E-state index is 12.5. The van der Waals surface area contributed by atoms with E-state index in [-0.39, 0.29) is 35.8 Å². The summed E-state index contributed by atoms with van der Waals surface area (Å²) in [6, 6.07) is 2.86. The molecule has 10 heteroatoms. The quantitative estimate of drug-likeness (QED) is 0.512. The fourth-order valence-corrected chi connectivity index (χ4v) is 3.59. The first kappa shape index (κ1) is 22.2. The Bertz CT molecular complexity index is 703. The average molecular weight is 416 g/mol. The largest absolute Gasteiger partial charge is 0.486 e. The van der Waals surface area contributed by atoms with Crippen LogP contribution in [0, 0.1) is 15.5 Å². The van der Waals surface area contributed by atoms with Crippen LogP contribution in [-0.2, 0) is 16.0 Å². The van der Waals surface area contributed by atoms with E-state index < -0.39 is 4.92 Å². The van der Waals surface area contributed by atoms with Gasteiger partial charge in [0.25, 0.3) is 5.69 Å². The molecule has 156 valence electrons. The smallest absolute Gasteiger partial charge is 0.277 e. The Kier molecular flexibility index (Phi) is 7.85. The zero-order valence-corrected chi connectivity index (χ0v) is 16.6. The molecule has 2 heterocycles. The van der Waals surface area contributed by atoms with Crippen molar-refractivity contribution in [2.45, 2.75) is 19.3 Å². The molecule has 1 aromatic carbocycles. The number of carbonyl (C=O) groups is 1. The molecule has 0 saturated carbocycles. The molecule has 3 rings (SSSR count). The molecule has 2 N–H and O–H groups in total. The molecule has 0 spiro atoms. The van der Waals surface area contributed by atoms with Crippen LogP contribution in [0.2, 0.25) is 0 Å². The number of hydrogen-bond acceptors (Lipinski definition) is 7. The van der Waals surface area contributed by atoms with Gasteiger partial charge in [0.1, 0.15) is 13.2 Å². The lowest BCUT2D eigenvalue weighted by Crippen LogP contribution is -2.47. The maximum Gasteiger partial charge on any atom is 0.277 e. The Morgan fingerprint density at radius 1 is 1.29 bits per heavy atom. The lowest BCUT2D eigenvalue weighted by molar-refractivity contribution is -0.385. The number of hydrogen-bond donors (Lipinski definition) is 2. The molecule has 1 amide bonds. The van der Waals surface area contributed by atoms with Crippen molar-refractivity contribution in [1.82, 2.24) is 10.6 Å².